The van der Waals surface area contributed by atoms with E-state index in [-0.39, 0.29) is 24.0 Å². The maximum Gasteiger partial charge on any atom is 0.254 e. The van der Waals surface area contributed by atoms with Gasteiger partial charge in [-0.2, -0.15) is 0 Å². The van der Waals surface area contributed by atoms with Gasteiger partial charge in [-0.05, 0) is 30.9 Å². The standard InChI is InChI=1S/C14H21FN2O.ClH/c1-9(2)7-11(8-16)17-14(18)12-6-4-5-10(3)13(12)15;/h4-6,9,11H,7-8,16H2,1-3H3,(H,17,18);1H. The van der Waals surface area contributed by atoms with Crippen molar-refractivity contribution in [3.8, 4) is 0 Å². The maximum atomic E-state index is 13.8. The third-order valence-electron chi connectivity index (χ3n) is 2.81. The van der Waals surface area contributed by atoms with Gasteiger partial charge in [0, 0.05) is 12.6 Å². The normalized spacial score (nSPS) is 11.9. The Balaban J connectivity index is 0.00000324. The third-order valence-corrected chi connectivity index (χ3v) is 2.81. The molecule has 1 rings (SSSR count). The Morgan fingerprint density at radius 3 is 2.58 bits per heavy atom. The summed E-state index contributed by atoms with van der Waals surface area (Å²) >= 11 is 0. The van der Waals surface area contributed by atoms with Gasteiger partial charge in [0.1, 0.15) is 5.82 Å². The Hall–Kier alpha value is -1.13. The molecule has 0 spiro atoms. The van der Waals surface area contributed by atoms with Crippen LogP contribution in [-0.4, -0.2) is 18.5 Å². The molecule has 0 heterocycles. The lowest BCUT2D eigenvalue weighted by Crippen LogP contribution is -2.41. The molecule has 0 aliphatic rings. The molecule has 0 aliphatic carbocycles. The van der Waals surface area contributed by atoms with Crippen molar-refractivity contribution in [3.05, 3.63) is 35.1 Å². The minimum Gasteiger partial charge on any atom is -0.348 e. The molecule has 108 valence electrons. The molecule has 0 saturated carbocycles. The first-order chi connectivity index (χ1) is 8.45. The second-order valence-corrected chi connectivity index (χ2v) is 4.97. The highest BCUT2D eigenvalue weighted by Gasteiger charge is 2.17. The highest BCUT2D eigenvalue weighted by atomic mass is 35.5. The molecule has 0 radical (unpaired) electrons. The molecular weight excluding hydrogens is 267 g/mol. The molecule has 5 heteroatoms. The number of halogens is 2. The predicted octanol–water partition coefficient (Wildman–Crippen LogP) is 2.66. The lowest BCUT2D eigenvalue weighted by molar-refractivity contribution is 0.0929. The number of carbonyl (C=O) groups is 1. The smallest absolute Gasteiger partial charge is 0.254 e. The first kappa shape index (κ1) is 17.9. The molecule has 3 N–H and O–H groups in total. The van der Waals surface area contributed by atoms with E-state index in [9.17, 15) is 9.18 Å². The van der Waals surface area contributed by atoms with E-state index in [1.54, 1.807) is 19.1 Å². The lowest BCUT2D eigenvalue weighted by atomic mass is 10.0. The van der Waals surface area contributed by atoms with Crippen molar-refractivity contribution in [2.45, 2.75) is 33.2 Å². The van der Waals surface area contributed by atoms with Crippen molar-refractivity contribution in [1.29, 1.82) is 0 Å². The number of benzene rings is 1. The van der Waals surface area contributed by atoms with Gasteiger partial charge in [0.15, 0.2) is 0 Å². The number of aryl methyl sites for hydroxylation is 1. The van der Waals surface area contributed by atoms with Crippen LogP contribution in [0.2, 0.25) is 0 Å². The third kappa shape index (κ3) is 5.17. The van der Waals surface area contributed by atoms with Crippen molar-refractivity contribution in [1.82, 2.24) is 5.32 Å². The van der Waals surface area contributed by atoms with Gasteiger partial charge in [-0.1, -0.05) is 26.0 Å². The monoisotopic (exact) mass is 288 g/mol. The van der Waals surface area contributed by atoms with Crippen molar-refractivity contribution >= 4 is 18.3 Å². The van der Waals surface area contributed by atoms with Crippen LogP contribution >= 0.6 is 12.4 Å². The molecule has 0 aromatic heterocycles. The van der Waals surface area contributed by atoms with Crippen LogP contribution < -0.4 is 11.1 Å². The van der Waals surface area contributed by atoms with E-state index in [1.165, 1.54) is 6.07 Å². The van der Waals surface area contributed by atoms with E-state index in [0.717, 1.165) is 6.42 Å². The number of rotatable bonds is 5. The Labute approximate surface area is 120 Å². The summed E-state index contributed by atoms with van der Waals surface area (Å²) in [5, 5.41) is 2.78. The zero-order valence-electron chi connectivity index (χ0n) is 11.6. The van der Waals surface area contributed by atoms with Gasteiger partial charge >= 0.3 is 0 Å². The Morgan fingerprint density at radius 2 is 2.05 bits per heavy atom. The zero-order valence-corrected chi connectivity index (χ0v) is 12.4. The summed E-state index contributed by atoms with van der Waals surface area (Å²) in [4.78, 5) is 12.0. The fraction of sp³-hybridized carbons (Fsp3) is 0.500. The Morgan fingerprint density at radius 1 is 1.42 bits per heavy atom. The molecule has 1 aromatic rings. The van der Waals surface area contributed by atoms with Crippen LogP contribution in [0, 0.1) is 18.7 Å². The number of nitrogens with one attached hydrogen (secondary N) is 1. The quantitative estimate of drug-likeness (QED) is 0.875. The second-order valence-electron chi connectivity index (χ2n) is 4.97. The largest absolute Gasteiger partial charge is 0.348 e. The number of carbonyl (C=O) groups excluding carboxylic acids is 1. The molecule has 0 aliphatic heterocycles. The molecule has 1 aromatic carbocycles. The van der Waals surface area contributed by atoms with E-state index in [0.29, 0.717) is 18.0 Å². The summed E-state index contributed by atoms with van der Waals surface area (Å²) in [6, 6.07) is 4.69. The zero-order chi connectivity index (χ0) is 13.7. The minimum atomic E-state index is -0.463. The summed E-state index contributed by atoms with van der Waals surface area (Å²) in [7, 11) is 0. The fourth-order valence-corrected chi connectivity index (χ4v) is 1.87. The van der Waals surface area contributed by atoms with Crippen LogP contribution in [0.3, 0.4) is 0 Å². The van der Waals surface area contributed by atoms with Crippen LogP contribution in [-0.2, 0) is 0 Å². The minimum absolute atomic E-state index is 0. The molecule has 0 fully saturated rings. The van der Waals surface area contributed by atoms with Gasteiger partial charge in [-0.3, -0.25) is 4.79 Å². The van der Waals surface area contributed by atoms with Gasteiger partial charge in [0.2, 0.25) is 0 Å². The highest BCUT2D eigenvalue weighted by molar-refractivity contribution is 5.94. The summed E-state index contributed by atoms with van der Waals surface area (Å²) in [6.45, 7) is 6.11. The summed E-state index contributed by atoms with van der Waals surface area (Å²) in [5.74, 6) is -0.427. The average Bonchev–Trinajstić information content (AvgIpc) is 2.31. The molecular formula is C14H22ClFN2O. The van der Waals surface area contributed by atoms with Gasteiger partial charge in [0.25, 0.3) is 5.91 Å². The topological polar surface area (TPSA) is 55.1 Å². The maximum absolute atomic E-state index is 13.8. The highest BCUT2D eigenvalue weighted by Crippen LogP contribution is 2.12. The van der Waals surface area contributed by atoms with Crippen molar-refractivity contribution in [2.75, 3.05) is 6.54 Å². The van der Waals surface area contributed by atoms with Gasteiger partial charge in [-0.25, -0.2) is 4.39 Å². The van der Waals surface area contributed by atoms with E-state index in [1.807, 2.05) is 0 Å². The number of hydrogen-bond acceptors (Lipinski definition) is 2. The van der Waals surface area contributed by atoms with Gasteiger partial charge in [0.05, 0.1) is 5.56 Å². The summed E-state index contributed by atoms with van der Waals surface area (Å²) in [5.41, 5.74) is 6.16. The van der Waals surface area contributed by atoms with Crippen LogP contribution in [0.5, 0.6) is 0 Å². The van der Waals surface area contributed by atoms with E-state index >= 15 is 0 Å². The van der Waals surface area contributed by atoms with Gasteiger partial charge in [-0.15, -0.1) is 12.4 Å². The first-order valence-electron chi connectivity index (χ1n) is 6.21. The lowest BCUT2D eigenvalue weighted by Gasteiger charge is -2.19. The van der Waals surface area contributed by atoms with Crippen LogP contribution in [0.25, 0.3) is 0 Å². The van der Waals surface area contributed by atoms with Crippen molar-refractivity contribution in [2.24, 2.45) is 11.7 Å². The Bertz CT molecular complexity index is 424. The molecule has 1 unspecified atom stereocenters. The van der Waals surface area contributed by atoms with E-state index < -0.39 is 11.7 Å². The van der Waals surface area contributed by atoms with Gasteiger partial charge < -0.3 is 11.1 Å². The molecule has 19 heavy (non-hydrogen) atoms. The molecule has 1 atom stereocenters. The van der Waals surface area contributed by atoms with E-state index in [2.05, 4.69) is 19.2 Å². The summed E-state index contributed by atoms with van der Waals surface area (Å²) in [6.07, 6.45) is 0.787. The van der Waals surface area contributed by atoms with Crippen LogP contribution in [0.15, 0.2) is 18.2 Å². The fourth-order valence-electron chi connectivity index (χ4n) is 1.87. The van der Waals surface area contributed by atoms with Crippen LogP contribution in [0.1, 0.15) is 36.2 Å². The molecule has 3 nitrogen and oxygen atoms in total. The van der Waals surface area contributed by atoms with Crippen LogP contribution in [0.4, 0.5) is 4.39 Å². The Kier molecular flexibility index (Phi) is 7.64. The molecule has 0 saturated heterocycles. The van der Waals surface area contributed by atoms with E-state index in [4.69, 9.17) is 5.73 Å². The summed E-state index contributed by atoms with van der Waals surface area (Å²) < 4.78 is 13.8. The second kappa shape index (κ2) is 8.12. The predicted molar refractivity (Wildman–Crippen MR) is 78.1 cm³/mol. The first-order valence-corrected chi connectivity index (χ1v) is 6.21. The van der Waals surface area contributed by atoms with Crippen molar-refractivity contribution in [3.63, 3.8) is 0 Å². The number of hydrogen-bond donors (Lipinski definition) is 2. The molecule has 1 amide bonds. The SMILES string of the molecule is Cc1cccc(C(=O)NC(CN)CC(C)C)c1F.Cl. The number of nitrogens with two attached hydrogens (primary N) is 1. The number of amides is 1. The molecule has 0 bridgehead atoms. The van der Waals surface area contributed by atoms with Crippen molar-refractivity contribution < 1.29 is 9.18 Å². The average molecular weight is 289 g/mol.